The summed E-state index contributed by atoms with van der Waals surface area (Å²) in [6, 6.07) is 5.38. The molecule has 0 aromatic carbocycles. The Balaban J connectivity index is 2.14. The summed E-state index contributed by atoms with van der Waals surface area (Å²) < 4.78 is 0. The molecule has 6 heteroatoms. The fourth-order valence-electron chi connectivity index (χ4n) is 1.05. The summed E-state index contributed by atoms with van der Waals surface area (Å²) in [6.45, 7) is 0.446. The monoisotopic (exact) mass is 240 g/mol. The molecule has 0 aliphatic heterocycles. The van der Waals surface area contributed by atoms with Crippen LogP contribution in [0, 0.1) is 0 Å². The number of thiazole rings is 1. The Hall–Kier alpha value is -1.17. The van der Waals surface area contributed by atoms with E-state index in [4.69, 9.17) is 17.3 Å². The van der Waals surface area contributed by atoms with Gasteiger partial charge in [-0.05, 0) is 12.1 Å². The van der Waals surface area contributed by atoms with Crippen molar-refractivity contribution in [2.45, 2.75) is 6.54 Å². The van der Waals surface area contributed by atoms with E-state index in [1.165, 1.54) is 11.3 Å². The maximum Gasteiger partial charge on any atom is 0.188 e. The SMILES string of the molecule is NCc1csc(Nc2cccc(Cl)n2)n1. The van der Waals surface area contributed by atoms with Gasteiger partial charge in [0, 0.05) is 11.9 Å². The third-order valence-electron chi connectivity index (χ3n) is 1.71. The highest BCUT2D eigenvalue weighted by Crippen LogP contribution is 2.20. The summed E-state index contributed by atoms with van der Waals surface area (Å²) in [4.78, 5) is 8.35. The van der Waals surface area contributed by atoms with Crippen LogP contribution in [0.1, 0.15) is 5.69 Å². The van der Waals surface area contributed by atoms with Crippen molar-refractivity contribution in [2.75, 3.05) is 5.32 Å². The molecule has 0 amide bonds. The van der Waals surface area contributed by atoms with Gasteiger partial charge in [-0.3, -0.25) is 0 Å². The zero-order valence-electron chi connectivity index (χ0n) is 7.77. The molecular weight excluding hydrogens is 232 g/mol. The largest absolute Gasteiger partial charge is 0.325 e. The first-order valence-corrected chi connectivity index (χ1v) is 5.58. The van der Waals surface area contributed by atoms with Gasteiger partial charge in [0.15, 0.2) is 5.13 Å². The van der Waals surface area contributed by atoms with Crippen LogP contribution < -0.4 is 11.1 Å². The van der Waals surface area contributed by atoms with Crippen LogP contribution in [0.4, 0.5) is 10.9 Å². The van der Waals surface area contributed by atoms with Crippen LogP contribution in [-0.4, -0.2) is 9.97 Å². The number of rotatable bonds is 3. The van der Waals surface area contributed by atoms with Gasteiger partial charge in [-0.15, -0.1) is 11.3 Å². The first kappa shape index (κ1) is 10.4. The molecule has 2 aromatic rings. The number of hydrogen-bond acceptors (Lipinski definition) is 5. The Morgan fingerprint density at radius 2 is 2.27 bits per heavy atom. The molecule has 0 aliphatic rings. The van der Waals surface area contributed by atoms with Gasteiger partial charge in [0.05, 0.1) is 5.69 Å². The van der Waals surface area contributed by atoms with E-state index < -0.39 is 0 Å². The van der Waals surface area contributed by atoms with E-state index in [1.807, 2.05) is 17.5 Å². The lowest BCUT2D eigenvalue weighted by atomic mass is 10.5. The molecule has 4 nitrogen and oxygen atoms in total. The first-order valence-electron chi connectivity index (χ1n) is 4.32. The molecule has 0 aliphatic carbocycles. The van der Waals surface area contributed by atoms with E-state index in [9.17, 15) is 0 Å². The summed E-state index contributed by atoms with van der Waals surface area (Å²) in [5.41, 5.74) is 6.33. The number of nitrogens with zero attached hydrogens (tertiary/aromatic N) is 2. The lowest BCUT2D eigenvalue weighted by Gasteiger charge is -2.00. The molecule has 0 spiro atoms. The number of nitrogens with one attached hydrogen (secondary N) is 1. The third kappa shape index (κ3) is 2.65. The van der Waals surface area contributed by atoms with Crippen molar-refractivity contribution >= 4 is 33.9 Å². The molecule has 0 atom stereocenters. The van der Waals surface area contributed by atoms with Crippen LogP contribution >= 0.6 is 22.9 Å². The van der Waals surface area contributed by atoms with Crippen LogP contribution in [0.3, 0.4) is 0 Å². The van der Waals surface area contributed by atoms with Crippen molar-refractivity contribution in [3.05, 3.63) is 34.4 Å². The minimum atomic E-state index is 0.446. The van der Waals surface area contributed by atoms with Gasteiger partial charge >= 0.3 is 0 Å². The Kier molecular flexibility index (Phi) is 3.15. The van der Waals surface area contributed by atoms with E-state index in [0.717, 1.165) is 10.8 Å². The summed E-state index contributed by atoms with van der Waals surface area (Å²) in [7, 11) is 0. The van der Waals surface area contributed by atoms with E-state index in [0.29, 0.717) is 17.5 Å². The van der Waals surface area contributed by atoms with E-state index in [2.05, 4.69) is 15.3 Å². The molecular formula is C9H9ClN4S. The second-order valence-electron chi connectivity index (χ2n) is 2.82. The maximum absolute atomic E-state index is 5.76. The second kappa shape index (κ2) is 4.57. The number of aromatic nitrogens is 2. The standard InChI is InChI=1S/C9H9ClN4S/c10-7-2-1-3-8(13-7)14-9-12-6(4-11)5-15-9/h1-3,5H,4,11H2,(H,12,13,14). The Bertz CT molecular complexity index is 457. The number of nitrogens with two attached hydrogens (primary N) is 1. The molecule has 0 saturated heterocycles. The van der Waals surface area contributed by atoms with Crippen molar-refractivity contribution in [3.8, 4) is 0 Å². The summed E-state index contributed by atoms with van der Waals surface area (Å²) in [5.74, 6) is 0.681. The van der Waals surface area contributed by atoms with E-state index >= 15 is 0 Å². The first-order chi connectivity index (χ1) is 7.28. The van der Waals surface area contributed by atoms with Crippen molar-refractivity contribution in [3.63, 3.8) is 0 Å². The number of halogens is 1. The Labute approximate surface area is 96.1 Å². The average molecular weight is 241 g/mol. The normalized spacial score (nSPS) is 10.3. The second-order valence-corrected chi connectivity index (χ2v) is 4.06. The lowest BCUT2D eigenvalue weighted by Crippen LogP contribution is -1.97. The highest BCUT2D eigenvalue weighted by atomic mass is 35.5. The molecule has 3 N–H and O–H groups in total. The van der Waals surface area contributed by atoms with Crippen LogP contribution in [-0.2, 0) is 6.54 Å². The summed E-state index contributed by atoms with van der Waals surface area (Å²) in [6.07, 6.45) is 0. The van der Waals surface area contributed by atoms with Crippen molar-refractivity contribution in [2.24, 2.45) is 5.73 Å². The molecule has 0 fully saturated rings. The minimum Gasteiger partial charge on any atom is -0.325 e. The number of pyridine rings is 1. The van der Waals surface area contributed by atoms with Gasteiger partial charge in [-0.2, -0.15) is 0 Å². The summed E-state index contributed by atoms with van der Waals surface area (Å²) >= 11 is 7.24. The average Bonchev–Trinajstić information content (AvgIpc) is 2.65. The molecule has 0 radical (unpaired) electrons. The lowest BCUT2D eigenvalue weighted by molar-refractivity contribution is 1.01. The zero-order valence-corrected chi connectivity index (χ0v) is 9.35. The Morgan fingerprint density at radius 1 is 1.40 bits per heavy atom. The van der Waals surface area contributed by atoms with Gasteiger partial charge in [0.1, 0.15) is 11.0 Å². The van der Waals surface area contributed by atoms with Crippen molar-refractivity contribution in [1.82, 2.24) is 9.97 Å². The predicted octanol–water partition coefficient (Wildman–Crippen LogP) is 2.39. The maximum atomic E-state index is 5.76. The fourth-order valence-corrected chi connectivity index (χ4v) is 1.94. The molecule has 2 heterocycles. The zero-order chi connectivity index (χ0) is 10.7. The highest BCUT2D eigenvalue weighted by Gasteiger charge is 2.01. The predicted molar refractivity (Wildman–Crippen MR) is 62.5 cm³/mol. The minimum absolute atomic E-state index is 0.446. The summed E-state index contributed by atoms with van der Waals surface area (Å²) in [5, 5.41) is 6.19. The quantitative estimate of drug-likeness (QED) is 0.809. The van der Waals surface area contributed by atoms with E-state index in [-0.39, 0.29) is 0 Å². The fraction of sp³-hybridized carbons (Fsp3) is 0.111. The van der Waals surface area contributed by atoms with Crippen LogP contribution in [0.5, 0.6) is 0 Å². The van der Waals surface area contributed by atoms with Gasteiger partial charge in [0.2, 0.25) is 0 Å². The Morgan fingerprint density at radius 3 is 2.93 bits per heavy atom. The molecule has 0 bridgehead atoms. The molecule has 0 unspecified atom stereocenters. The molecule has 15 heavy (non-hydrogen) atoms. The molecule has 78 valence electrons. The van der Waals surface area contributed by atoms with Crippen LogP contribution in [0.15, 0.2) is 23.6 Å². The molecule has 2 aromatic heterocycles. The highest BCUT2D eigenvalue weighted by molar-refractivity contribution is 7.13. The van der Waals surface area contributed by atoms with Crippen molar-refractivity contribution < 1.29 is 0 Å². The van der Waals surface area contributed by atoms with E-state index in [1.54, 1.807) is 6.07 Å². The smallest absolute Gasteiger partial charge is 0.188 e. The molecule has 2 rings (SSSR count). The van der Waals surface area contributed by atoms with Crippen LogP contribution in [0.2, 0.25) is 5.15 Å². The van der Waals surface area contributed by atoms with Gasteiger partial charge in [-0.25, -0.2) is 9.97 Å². The number of anilines is 2. The third-order valence-corrected chi connectivity index (χ3v) is 2.73. The molecule has 0 saturated carbocycles. The van der Waals surface area contributed by atoms with Gasteiger partial charge in [-0.1, -0.05) is 17.7 Å². The topological polar surface area (TPSA) is 63.8 Å². The van der Waals surface area contributed by atoms with Crippen LogP contribution in [0.25, 0.3) is 0 Å². The number of hydrogen-bond donors (Lipinski definition) is 2. The van der Waals surface area contributed by atoms with Crippen molar-refractivity contribution in [1.29, 1.82) is 0 Å². The van der Waals surface area contributed by atoms with Gasteiger partial charge in [0.25, 0.3) is 0 Å². The van der Waals surface area contributed by atoms with Gasteiger partial charge < -0.3 is 11.1 Å².